The SMILES string of the molecule is CCC(=O)N(c1ccc(Cl)c(C)c1)[C@@H]1C[C@H](C)N(C(=O)c2ccc(F)cc2)c2ccccc21. The van der Waals surface area contributed by atoms with E-state index in [0.717, 1.165) is 22.5 Å². The van der Waals surface area contributed by atoms with Gasteiger partial charge in [0, 0.05) is 34.4 Å². The van der Waals surface area contributed by atoms with Gasteiger partial charge in [-0.05, 0) is 79.9 Å². The molecule has 4 rings (SSSR count). The fraction of sp³-hybridized carbons (Fsp3) is 0.259. The van der Waals surface area contributed by atoms with Gasteiger partial charge < -0.3 is 9.80 Å². The molecule has 0 aliphatic carbocycles. The van der Waals surface area contributed by atoms with E-state index in [0.29, 0.717) is 23.4 Å². The number of carbonyl (C=O) groups excluding carboxylic acids is 2. The zero-order valence-electron chi connectivity index (χ0n) is 18.9. The van der Waals surface area contributed by atoms with E-state index in [1.54, 1.807) is 4.90 Å². The first-order valence-electron chi connectivity index (χ1n) is 11.1. The monoisotopic (exact) mass is 464 g/mol. The van der Waals surface area contributed by atoms with Crippen LogP contribution in [-0.2, 0) is 4.79 Å². The zero-order valence-corrected chi connectivity index (χ0v) is 19.6. The molecule has 3 aromatic carbocycles. The Morgan fingerprint density at radius 3 is 2.45 bits per heavy atom. The normalized spacial score (nSPS) is 17.4. The Labute approximate surface area is 198 Å². The molecule has 3 aromatic rings. The summed E-state index contributed by atoms with van der Waals surface area (Å²) in [7, 11) is 0. The molecule has 0 radical (unpaired) electrons. The number of hydrogen-bond acceptors (Lipinski definition) is 2. The number of anilines is 2. The van der Waals surface area contributed by atoms with Crippen molar-refractivity contribution < 1.29 is 14.0 Å². The van der Waals surface area contributed by atoms with E-state index in [2.05, 4.69) is 0 Å². The number of benzene rings is 3. The molecule has 0 saturated carbocycles. The molecule has 2 atom stereocenters. The van der Waals surface area contributed by atoms with Crippen LogP contribution in [0.3, 0.4) is 0 Å². The number of carbonyl (C=O) groups is 2. The van der Waals surface area contributed by atoms with Gasteiger partial charge in [0.15, 0.2) is 0 Å². The van der Waals surface area contributed by atoms with Crippen LogP contribution in [0.25, 0.3) is 0 Å². The van der Waals surface area contributed by atoms with Crippen molar-refractivity contribution in [1.82, 2.24) is 0 Å². The molecule has 0 fully saturated rings. The summed E-state index contributed by atoms with van der Waals surface area (Å²) in [4.78, 5) is 30.2. The van der Waals surface area contributed by atoms with E-state index in [9.17, 15) is 14.0 Å². The van der Waals surface area contributed by atoms with Gasteiger partial charge in [-0.1, -0.05) is 36.7 Å². The molecule has 0 spiro atoms. The van der Waals surface area contributed by atoms with Gasteiger partial charge in [0.1, 0.15) is 5.82 Å². The minimum Gasteiger partial charge on any atom is -0.305 e. The molecule has 2 amide bonds. The summed E-state index contributed by atoms with van der Waals surface area (Å²) in [6, 6.07) is 18.5. The molecule has 0 bridgehead atoms. The highest BCUT2D eigenvalue weighted by Gasteiger charge is 2.38. The summed E-state index contributed by atoms with van der Waals surface area (Å²) in [5.74, 6) is -0.572. The number of aryl methyl sites for hydroxylation is 1. The van der Waals surface area contributed by atoms with Gasteiger partial charge in [-0.3, -0.25) is 9.59 Å². The van der Waals surface area contributed by atoms with Crippen LogP contribution in [0.2, 0.25) is 5.02 Å². The lowest BCUT2D eigenvalue weighted by Gasteiger charge is -2.43. The maximum atomic E-state index is 13.4. The minimum atomic E-state index is -0.384. The van der Waals surface area contributed by atoms with Crippen molar-refractivity contribution in [3.05, 3.63) is 94.3 Å². The summed E-state index contributed by atoms with van der Waals surface area (Å²) >= 11 is 6.24. The van der Waals surface area contributed by atoms with E-state index in [1.807, 2.05) is 68.1 Å². The van der Waals surface area contributed by atoms with Gasteiger partial charge in [0.2, 0.25) is 5.91 Å². The summed E-state index contributed by atoms with van der Waals surface area (Å²) in [5.41, 5.74) is 3.77. The van der Waals surface area contributed by atoms with Crippen molar-refractivity contribution in [3.63, 3.8) is 0 Å². The molecule has 33 heavy (non-hydrogen) atoms. The number of rotatable bonds is 4. The Balaban J connectivity index is 1.80. The highest BCUT2D eigenvalue weighted by molar-refractivity contribution is 6.31. The average molecular weight is 465 g/mol. The predicted octanol–water partition coefficient (Wildman–Crippen LogP) is 6.71. The summed E-state index contributed by atoms with van der Waals surface area (Å²) in [6.45, 7) is 5.74. The number of amides is 2. The molecular formula is C27H26ClFN2O2. The van der Waals surface area contributed by atoms with Crippen LogP contribution >= 0.6 is 11.6 Å². The molecule has 0 saturated heterocycles. The quantitative estimate of drug-likeness (QED) is 0.430. The molecule has 4 nitrogen and oxygen atoms in total. The lowest BCUT2D eigenvalue weighted by Crippen LogP contribution is -2.47. The van der Waals surface area contributed by atoms with E-state index >= 15 is 0 Å². The molecule has 6 heteroatoms. The van der Waals surface area contributed by atoms with Crippen molar-refractivity contribution in [2.75, 3.05) is 9.80 Å². The number of para-hydroxylation sites is 1. The van der Waals surface area contributed by atoms with Crippen LogP contribution in [-0.4, -0.2) is 17.9 Å². The van der Waals surface area contributed by atoms with Gasteiger partial charge >= 0.3 is 0 Å². The van der Waals surface area contributed by atoms with Crippen LogP contribution < -0.4 is 9.80 Å². The van der Waals surface area contributed by atoms with E-state index < -0.39 is 0 Å². The van der Waals surface area contributed by atoms with Gasteiger partial charge in [-0.2, -0.15) is 0 Å². The van der Waals surface area contributed by atoms with E-state index in [1.165, 1.54) is 24.3 Å². The fourth-order valence-electron chi connectivity index (χ4n) is 4.51. The predicted molar refractivity (Wildman–Crippen MR) is 130 cm³/mol. The van der Waals surface area contributed by atoms with Crippen LogP contribution in [0.15, 0.2) is 66.7 Å². The largest absolute Gasteiger partial charge is 0.305 e. The fourth-order valence-corrected chi connectivity index (χ4v) is 4.63. The van der Waals surface area contributed by atoms with Crippen LogP contribution in [0, 0.1) is 12.7 Å². The smallest absolute Gasteiger partial charge is 0.258 e. The minimum absolute atomic E-state index is 0.00189. The summed E-state index contributed by atoms with van der Waals surface area (Å²) in [5, 5.41) is 0.649. The number of hydrogen-bond donors (Lipinski definition) is 0. The van der Waals surface area contributed by atoms with Crippen LogP contribution in [0.4, 0.5) is 15.8 Å². The Morgan fingerprint density at radius 2 is 1.79 bits per heavy atom. The van der Waals surface area contributed by atoms with Gasteiger partial charge in [-0.15, -0.1) is 0 Å². The number of nitrogens with zero attached hydrogens (tertiary/aromatic N) is 2. The van der Waals surface area contributed by atoms with Crippen LogP contribution in [0.1, 0.15) is 54.2 Å². The molecule has 0 N–H and O–H groups in total. The Bertz CT molecular complexity index is 1190. The van der Waals surface area contributed by atoms with E-state index in [4.69, 9.17) is 11.6 Å². The van der Waals surface area contributed by atoms with Gasteiger partial charge in [0.05, 0.1) is 6.04 Å². The third-order valence-electron chi connectivity index (χ3n) is 6.17. The first-order chi connectivity index (χ1) is 15.8. The molecule has 1 aliphatic heterocycles. The van der Waals surface area contributed by atoms with Gasteiger partial charge in [0.25, 0.3) is 5.91 Å². The number of fused-ring (bicyclic) bond motifs is 1. The second-order valence-corrected chi connectivity index (χ2v) is 8.80. The molecular weight excluding hydrogens is 439 g/mol. The second kappa shape index (κ2) is 9.36. The first-order valence-corrected chi connectivity index (χ1v) is 11.5. The van der Waals surface area contributed by atoms with Crippen molar-refractivity contribution in [2.45, 2.75) is 45.7 Å². The van der Waals surface area contributed by atoms with Gasteiger partial charge in [-0.25, -0.2) is 4.39 Å². The third kappa shape index (κ3) is 4.38. The highest BCUT2D eigenvalue weighted by Crippen LogP contribution is 2.43. The van der Waals surface area contributed by atoms with Crippen molar-refractivity contribution >= 4 is 34.8 Å². The molecule has 1 aliphatic rings. The number of halogens is 2. The maximum Gasteiger partial charge on any atom is 0.258 e. The topological polar surface area (TPSA) is 40.6 Å². The standard InChI is InChI=1S/C27H26ClFN2O2/c1-4-26(32)31(21-13-14-23(28)17(2)15-21)25-16-18(3)30(24-8-6-5-7-22(24)25)27(33)19-9-11-20(29)12-10-19/h5-15,18,25H,4,16H2,1-3H3/t18-,25+/m0/s1. The maximum absolute atomic E-state index is 13.4. The zero-order chi connectivity index (χ0) is 23.7. The molecule has 1 heterocycles. The average Bonchev–Trinajstić information content (AvgIpc) is 2.81. The lowest BCUT2D eigenvalue weighted by molar-refractivity contribution is -0.118. The summed E-state index contributed by atoms with van der Waals surface area (Å²) < 4.78 is 13.4. The third-order valence-corrected chi connectivity index (χ3v) is 6.60. The van der Waals surface area contributed by atoms with E-state index in [-0.39, 0.29) is 29.7 Å². The molecule has 0 unspecified atom stereocenters. The molecule has 0 aromatic heterocycles. The Hall–Kier alpha value is -3.18. The van der Waals surface area contributed by atoms with Crippen LogP contribution in [0.5, 0.6) is 0 Å². The molecule has 170 valence electrons. The van der Waals surface area contributed by atoms with Crippen molar-refractivity contribution in [3.8, 4) is 0 Å². The lowest BCUT2D eigenvalue weighted by atomic mass is 9.89. The Kier molecular flexibility index (Phi) is 6.52. The summed E-state index contributed by atoms with van der Waals surface area (Å²) in [6.07, 6.45) is 0.921. The highest BCUT2D eigenvalue weighted by atomic mass is 35.5. The Morgan fingerprint density at radius 1 is 1.09 bits per heavy atom. The second-order valence-electron chi connectivity index (χ2n) is 8.39. The van der Waals surface area contributed by atoms with Crippen molar-refractivity contribution in [1.29, 1.82) is 0 Å². The van der Waals surface area contributed by atoms with Crippen molar-refractivity contribution in [2.24, 2.45) is 0 Å². The first kappa shape index (κ1) is 23.0.